The quantitative estimate of drug-likeness (QED) is 0.618. The highest BCUT2D eigenvalue weighted by molar-refractivity contribution is 5.80. The molecule has 4 rings (SSSR count). The highest BCUT2D eigenvalue weighted by atomic mass is 16.5. The van der Waals surface area contributed by atoms with E-state index in [1.807, 2.05) is 0 Å². The van der Waals surface area contributed by atoms with E-state index in [2.05, 4.69) is 22.4 Å². The van der Waals surface area contributed by atoms with Gasteiger partial charge in [-0.2, -0.15) is 0 Å². The monoisotopic (exact) mass is 439 g/mol. The van der Waals surface area contributed by atoms with Gasteiger partial charge < -0.3 is 25.0 Å². The number of hydrogen-bond donors (Lipinski definition) is 2. The maximum Gasteiger partial charge on any atom is 0.320 e. The van der Waals surface area contributed by atoms with Crippen molar-refractivity contribution in [3.05, 3.63) is 47.3 Å². The molecule has 2 aromatic heterocycles. The molecule has 0 unspecified atom stereocenters. The molecule has 0 aromatic carbocycles. The van der Waals surface area contributed by atoms with Crippen LogP contribution in [0.2, 0.25) is 0 Å². The van der Waals surface area contributed by atoms with Crippen LogP contribution in [0, 0.1) is 0 Å². The molecule has 2 N–H and O–H groups in total. The number of ether oxygens (including phenoxy) is 1. The second-order valence-corrected chi connectivity index (χ2v) is 8.18. The lowest BCUT2D eigenvalue weighted by Gasteiger charge is -2.22. The van der Waals surface area contributed by atoms with Crippen molar-refractivity contribution in [1.29, 1.82) is 0 Å². The van der Waals surface area contributed by atoms with Crippen molar-refractivity contribution in [1.82, 2.24) is 19.8 Å². The Hall–Kier alpha value is -3.36. The van der Waals surface area contributed by atoms with Crippen LogP contribution in [0.15, 0.2) is 30.5 Å². The lowest BCUT2D eigenvalue weighted by Crippen LogP contribution is -2.36. The Balaban J connectivity index is 1.30. The fraction of sp³-hybridized carbons (Fsp3) is 0.478. The minimum Gasteiger partial charge on any atom is -0.481 e. The summed E-state index contributed by atoms with van der Waals surface area (Å²) < 4.78 is 5.03. The number of aliphatic carboxylic acids is 1. The van der Waals surface area contributed by atoms with Crippen molar-refractivity contribution < 1.29 is 19.4 Å². The Morgan fingerprint density at radius 2 is 2.09 bits per heavy atom. The van der Waals surface area contributed by atoms with E-state index >= 15 is 0 Å². The lowest BCUT2D eigenvalue weighted by molar-refractivity contribution is -0.139. The summed E-state index contributed by atoms with van der Waals surface area (Å²) in [5, 5.41) is 13.0. The predicted molar refractivity (Wildman–Crippen MR) is 119 cm³/mol. The second-order valence-electron chi connectivity index (χ2n) is 8.18. The number of rotatable bonds is 9. The fourth-order valence-corrected chi connectivity index (χ4v) is 4.23. The SMILES string of the molecule is COc1ccc([C@@H](CN2CCN(CCCc3ccc4c(n3)NCCC4)C2=O)C(=O)O)cn1. The highest BCUT2D eigenvalue weighted by Gasteiger charge is 2.32. The third kappa shape index (κ3) is 4.92. The van der Waals surface area contributed by atoms with Gasteiger partial charge in [-0.05, 0) is 42.9 Å². The summed E-state index contributed by atoms with van der Waals surface area (Å²) in [4.78, 5) is 36.9. The summed E-state index contributed by atoms with van der Waals surface area (Å²) in [5.74, 6) is -0.393. The molecule has 2 aromatic rings. The molecule has 1 atom stereocenters. The number of carboxylic acids is 1. The molecule has 2 amide bonds. The molecule has 32 heavy (non-hydrogen) atoms. The van der Waals surface area contributed by atoms with Crippen LogP contribution in [-0.4, -0.2) is 76.7 Å². The normalized spacial score (nSPS) is 16.5. The summed E-state index contributed by atoms with van der Waals surface area (Å²) >= 11 is 0. The van der Waals surface area contributed by atoms with E-state index < -0.39 is 11.9 Å². The molecule has 0 spiro atoms. The first kappa shape index (κ1) is 21.9. The smallest absolute Gasteiger partial charge is 0.320 e. The molecule has 4 heterocycles. The average molecular weight is 440 g/mol. The molecule has 0 bridgehead atoms. The number of carbonyl (C=O) groups excluding carboxylic acids is 1. The molecule has 9 heteroatoms. The number of carboxylic acid groups (broad SMARTS) is 1. The standard InChI is InChI=1S/C23H29N5O4/c1-32-20-9-7-17(14-25-20)19(22(29)30)15-28-13-12-27(23(28)31)11-3-5-18-8-6-16-4-2-10-24-21(16)26-18/h6-9,14,19H,2-5,10-13,15H2,1H3,(H,24,26)(H,29,30)/t19-/m1/s1. The van der Waals surface area contributed by atoms with Gasteiger partial charge in [0.2, 0.25) is 5.88 Å². The highest BCUT2D eigenvalue weighted by Crippen LogP contribution is 2.23. The Labute approximate surface area is 187 Å². The van der Waals surface area contributed by atoms with Crippen LogP contribution < -0.4 is 10.1 Å². The number of pyridine rings is 2. The molecule has 0 radical (unpaired) electrons. The van der Waals surface area contributed by atoms with Crippen molar-refractivity contribution in [3.8, 4) is 5.88 Å². The van der Waals surface area contributed by atoms with Gasteiger partial charge in [0.05, 0.1) is 7.11 Å². The first-order valence-corrected chi connectivity index (χ1v) is 11.0. The van der Waals surface area contributed by atoms with Gasteiger partial charge in [0.1, 0.15) is 11.7 Å². The maximum absolute atomic E-state index is 12.8. The van der Waals surface area contributed by atoms with Crippen LogP contribution in [-0.2, 0) is 17.6 Å². The van der Waals surface area contributed by atoms with Gasteiger partial charge in [-0.15, -0.1) is 0 Å². The van der Waals surface area contributed by atoms with Crippen molar-refractivity contribution in [2.24, 2.45) is 0 Å². The molecule has 0 saturated carbocycles. The minimum absolute atomic E-state index is 0.113. The predicted octanol–water partition coefficient (Wildman–Crippen LogP) is 2.38. The largest absolute Gasteiger partial charge is 0.481 e. The number of amides is 2. The number of nitrogens with one attached hydrogen (secondary N) is 1. The number of hydrogen-bond acceptors (Lipinski definition) is 6. The van der Waals surface area contributed by atoms with Gasteiger partial charge in [0, 0.05) is 50.7 Å². The Morgan fingerprint density at radius 1 is 1.25 bits per heavy atom. The number of aromatic nitrogens is 2. The molecule has 1 saturated heterocycles. The Bertz CT molecular complexity index is 965. The minimum atomic E-state index is -0.977. The summed E-state index contributed by atoms with van der Waals surface area (Å²) in [7, 11) is 1.51. The lowest BCUT2D eigenvalue weighted by atomic mass is 10.0. The van der Waals surface area contributed by atoms with Crippen molar-refractivity contribution in [2.75, 3.05) is 45.2 Å². The molecular weight excluding hydrogens is 410 g/mol. The summed E-state index contributed by atoms with van der Waals surface area (Å²) in [6.07, 6.45) is 5.32. The van der Waals surface area contributed by atoms with Gasteiger partial charge in [-0.1, -0.05) is 12.1 Å². The molecule has 0 aliphatic carbocycles. The maximum atomic E-state index is 12.8. The number of nitrogens with zero attached hydrogens (tertiary/aromatic N) is 4. The zero-order chi connectivity index (χ0) is 22.5. The van der Waals surface area contributed by atoms with Crippen LogP contribution in [0.5, 0.6) is 5.88 Å². The van der Waals surface area contributed by atoms with Crippen molar-refractivity contribution in [3.63, 3.8) is 0 Å². The van der Waals surface area contributed by atoms with Crippen LogP contribution in [0.25, 0.3) is 0 Å². The van der Waals surface area contributed by atoms with Crippen LogP contribution >= 0.6 is 0 Å². The van der Waals surface area contributed by atoms with Crippen molar-refractivity contribution in [2.45, 2.75) is 31.6 Å². The van der Waals surface area contributed by atoms with Gasteiger partial charge in [0.15, 0.2) is 0 Å². The summed E-state index contributed by atoms with van der Waals surface area (Å²) in [6, 6.07) is 7.42. The van der Waals surface area contributed by atoms with E-state index in [0.717, 1.165) is 43.7 Å². The van der Waals surface area contributed by atoms with Crippen LogP contribution in [0.3, 0.4) is 0 Å². The van der Waals surface area contributed by atoms with Gasteiger partial charge in [0.25, 0.3) is 0 Å². The zero-order valence-electron chi connectivity index (χ0n) is 18.3. The average Bonchev–Trinajstić information content (AvgIpc) is 3.16. The number of aryl methyl sites for hydroxylation is 2. The molecule has 1 fully saturated rings. The first-order chi connectivity index (χ1) is 15.5. The number of carbonyl (C=O) groups is 2. The van der Waals surface area contributed by atoms with Gasteiger partial charge in [-0.3, -0.25) is 4.79 Å². The molecule has 9 nitrogen and oxygen atoms in total. The Morgan fingerprint density at radius 3 is 2.84 bits per heavy atom. The van der Waals surface area contributed by atoms with E-state index in [4.69, 9.17) is 9.72 Å². The number of methoxy groups -OCH3 is 1. The molecule has 2 aliphatic heterocycles. The molecule has 2 aliphatic rings. The third-order valence-corrected chi connectivity index (χ3v) is 6.07. The van der Waals surface area contributed by atoms with Gasteiger partial charge >= 0.3 is 12.0 Å². The topological polar surface area (TPSA) is 108 Å². The van der Waals surface area contributed by atoms with Crippen LogP contribution in [0.1, 0.15) is 35.6 Å². The fourth-order valence-electron chi connectivity index (χ4n) is 4.23. The van der Waals surface area contributed by atoms with E-state index in [9.17, 15) is 14.7 Å². The number of fused-ring (bicyclic) bond motifs is 1. The van der Waals surface area contributed by atoms with Crippen LogP contribution in [0.4, 0.5) is 10.6 Å². The number of anilines is 1. The summed E-state index contributed by atoms with van der Waals surface area (Å²) in [6.45, 7) is 2.84. The summed E-state index contributed by atoms with van der Waals surface area (Å²) in [5.41, 5.74) is 2.85. The third-order valence-electron chi connectivity index (χ3n) is 6.07. The second kappa shape index (κ2) is 9.84. The van der Waals surface area contributed by atoms with E-state index in [1.54, 1.807) is 21.9 Å². The molecule has 170 valence electrons. The first-order valence-electron chi connectivity index (χ1n) is 11.0. The Kier molecular flexibility index (Phi) is 6.72. The van der Waals surface area contributed by atoms with E-state index in [0.29, 0.717) is 31.1 Å². The van der Waals surface area contributed by atoms with E-state index in [-0.39, 0.29) is 12.6 Å². The zero-order valence-corrected chi connectivity index (χ0v) is 18.3. The van der Waals surface area contributed by atoms with Crippen molar-refractivity contribution >= 4 is 17.8 Å². The van der Waals surface area contributed by atoms with Gasteiger partial charge in [-0.25, -0.2) is 14.8 Å². The molecular formula is C23H29N5O4. The number of urea groups is 1. The van der Waals surface area contributed by atoms with E-state index in [1.165, 1.54) is 18.9 Å².